The second-order valence-electron chi connectivity index (χ2n) is 4.28. The van der Waals surface area contributed by atoms with Crippen molar-refractivity contribution in [1.82, 2.24) is 9.78 Å². The molecule has 2 aromatic rings. The lowest BCUT2D eigenvalue weighted by Crippen LogP contribution is -2.18. The van der Waals surface area contributed by atoms with Gasteiger partial charge in [-0.15, -0.1) is 0 Å². The summed E-state index contributed by atoms with van der Waals surface area (Å²) in [6, 6.07) is 5.29. The van der Waals surface area contributed by atoms with Crippen molar-refractivity contribution in [3.05, 3.63) is 45.7 Å². The molecule has 6 heteroatoms. The largest absolute Gasteiger partial charge is 0.493 e. The van der Waals surface area contributed by atoms with Crippen molar-refractivity contribution in [2.45, 2.75) is 12.5 Å². The van der Waals surface area contributed by atoms with E-state index < -0.39 is 0 Å². The van der Waals surface area contributed by atoms with Gasteiger partial charge in [0, 0.05) is 7.05 Å². The van der Waals surface area contributed by atoms with Gasteiger partial charge in [0.15, 0.2) is 5.75 Å². The SMILES string of the molecule is COc1cnn(C)c1C(N)Cc1ccc(Cl)c(Cl)c1. The fraction of sp³-hybridized carbons (Fsp3) is 0.308. The van der Waals surface area contributed by atoms with Crippen LogP contribution in [0.2, 0.25) is 10.0 Å². The second-order valence-corrected chi connectivity index (χ2v) is 5.10. The average molecular weight is 300 g/mol. The molecule has 19 heavy (non-hydrogen) atoms. The van der Waals surface area contributed by atoms with Gasteiger partial charge < -0.3 is 10.5 Å². The van der Waals surface area contributed by atoms with Crippen molar-refractivity contribution in [2.75, 3.05) is 7.11 Å². The molecule has 0 bridgehead atoms. The van der Waals surface area contributed by atoms with Gasteiger partial charge in [-0.1, -0.05) is 29.3 Å². The van der Waals surface area contributed by atoms with E-state index in [4.69, 9.17) is 33.7 Å². The zero-order valence-electron chi connectivity index (χ0n) is 10.7. The zero-order chi connectivity index (χ0) is 14.0. The summed E-state index contributed by atoms with van der Waals surface area (Å²) in [7, 11) is 3.44. The van der Waals surface area contributed by atoms with Crippen molar-refractivity contribution < 1.29 is 4.74 Å². The number of nitrogens with zero attached hydrogens (tertiary/aromatic N) is 2. The molecular weight excluding hydrogens is 285 g/mol. The Morgan fingerprint density at radius 1 is 1.37 bits per heavy atom. The van der Waals surface area contributed by atoms with Gasteiger partial charge in [0.1, 0.15) is 0 Å². The highest BCUT2D eigenvalue weighted by molar-refractivity contribution is 6.42. The molecule has 1 aromatic heterocycles. The first kappa shape index (κ1) is 14.2. The number of rotatable bonds is 4. The van der Waals surface area contributed by atoms with E-state index in [0.29, 0.717) is 22.2 Å². The molecule has 2 rings (SSSR count). The molecule has 1 unspecified atom stereocenters. The lowest BCUT2D eigenvalue weighted by atomic mass is 10.0. The standard InChI is InChI=1S/C13H15Cl2N3O/c1-18-13(12(19-2)7-17-18)11(16)6-8-3-4-9(14)10(15)5-8/h3-5,7,11H,6,16H2,1-2H3. The highest BCUT2D eigenvalue weighted by atomic mass is 35.5. The number of aryl methyl sites for hydroxylation is 1. The first-order valence-electron chi connectivity index (χ1n) is 5.78. The summed E-state index contributed by atoms with van der Waals surface area (Å²) in [5.74, 6) is 0.690. The first-order chi connectivity index (χ1) is 9.02. The molecule has 0 spiro atoms. The lowest BCUT2D eigenvalue weighted by molar-refractivity contribution is 0.402. The van der Waals surface area contributed by atoms with E-state index in [1.54, 1.807) is 24.1 Å². The fourth-order valence-corrected chi connectivity index (χ4v) is 2.34. The van der Waals surface area contributed by atoms with E-state index in [0.717, 1.165) is 11.3 Å². The van der Waals surface area contributed by atoms with E-state index in [1.165, 1.54) is 0 Å². The third-order valence-corrected chi connectivity index (χ3v) is 3.70. The number of halogens is 2. The summed E-state index contributed by atoms with van der Waals surface area (Å²) >= 11 is 11.9. The Bertz CT molecular complexity index is 583. The van der Waals surface area contributed by atoms with E-state index in [-0.39, 0.29) is 6.04 Å². The Morgan fingerprint density at radius 3 is 2.74 bits per heavy atom. The molecule has 1 heterocycles. The van der Waals surface area contributed by atoms with Crippen LogP contribution in [0.3, 0.4) is 0 Å². The minimum Gasteiger partial charge on any atom is -0.493 e. The van der Waals surface area contributed by atoms with Crippen LogP contribution in [0.1, 0.15) is 17.3 Å². The minimum atomic E-state index is -0.223. The molecule has 0 amide bonds. The van der Waals surface area contributed by atoms with Crippen molar-refractivity contribution >= 4 is 23.2 Å². The van der Waals surface area contributed by atoms with E-state index >= 15 is 0 Å². The summed E-state index contributed by atoms with van der Waals surface area (Å²) in [4.78, 5) is 0. The van der Waals surface area contributed by atoms with Crippen LogP contribution < -0.4 is 10.5 Å². The van der Waals surface area contributed by atoms with E-state index in [2.05, 4.69) is 5.10 Å². The number of hydrogen-bond donors (Lipinski definition) is 1. The third-order valence-electron chi connectivity index (χ3n) is 2.96. The zero-order valence-corrected chi connectivity index (χ0v) is 12.2. The van der Waals surface area contributed by atoms with Gasteiger partial charge in [-0.25, -0.2) is 0 Å². The van der Waals surface area contributed by atoms with Crippen LogP contribution in [0.15, 0.2) is 24.4 Å². The van der Waals surface area contributed by atoms with E-state index in [1.807, 2.05) is 19.2 Å². The molecular formula is C13H15Cl2N3O. The monoisotopic (exact) mass is 299 g/mol. The highest BCUT2D eigenvalue weighted by Crippen LogP contribution is 2.28. The molecule has 0 saturated carbocycles. The third kappa shape index (κ3) is 3.03. The Balaban J connectivity index is 2.22. The number of aromatic nitrogens is 2. The average Bonchev–Trinajstić information content (AvgIpc) is 2.75. The van der Waals surface area contributed by atoms with Gasteiger partial charge in [-0.3, -0.25) is 4.68 Å². The molecule has 0 radical (unpaired) electrons. The number of nitrogens with two attached hydrogens (primary N) is 1. The topological polar surface area (TPSA) is 53.1 Å². The highest BCUT2D eigenvalue weighted by Gasteiger charge is 2.17. The maximum absolute atomic E-state index is 6.22. The molecule has 0 saturated heterocycles. The summed E-state index contributed by atoms with van der Waals surface area (Å²) in [6.07, 6.45) is 2.29. The van der Waals surface area contributed by atoms with Crippen LogP contribution in [-0.4, -0.2) is 16.9 Å². The molecule has 2 N–H and O–H groups in total. The van der Waals surface area contributed by atoms with Gasteiger partial charge in [-0.05, 0) is 24.1 Å². The summed E-state index contributed by atoms with van der Waals surface area (Å²) in [5.41, 5.74) is 8.09. The maximum atomic E-state index is 6.22. The van der Waals surface area contributed by atoms with Crippen LogP contribution in [0.5, 0.6) is 5.75 Å². The van der Waals surface area contributed by atoms with Crippen molar-refractivity contribution in [2.24, 2.45) is 12.8 Å². The Labute approximate surface area is 122 Å². The van der Waals surface area contributed by atoms with Crippen LogP contribution in [0, 0.1) is 0 Å². The van der Waals surface area contributed by atoms with Gasteiger partial charge in [0.2, 0.25) is 0 Å². The van der Waals surface area contributed by atoms with Gasteiger partial charge in [0.05, 0.1) is 35.1 Å². The number of methoxy groups -OCH3 is 1. The maximum Gasteiger partial charge on any atom is 0.161 e. The number of hydrogen-bond acceptors (Lipinski definition) is 3. The van der Waals surface area contributed by atoms with Crippen LogP contribution >= 0.6 is 23.2 Å². The summed E-state index contributed by atoms with van der Waals surface area (Å²) in [5, 5.41) is 5.22. The molecule has 102 valence electrons. The molecule has 0 aliphatic carbocycles. The van der Waals surface area contributed by atoms with Crippen molar-refractivity contribution in [1.29, 1.82) is 0 Å². The van der Waals surface area contributed by atoms with Crippen LogP contribution in [0.25, 0.3) is 0 Å². The molecule has 0 fully saturated rings. The molecule has 0 aliphatic heterocycles. The normalized spacial score (nSPS) is 12.5. The minimum absolute atomic E-state index is 0.223. The second kappa shape index (κ2) is 5.82. The fourth-order valence-electron chi connectivity index (χ4n) is 2.02. The molecule has 1 atom stereocenters. The van der Waals surface area contributed by atoms with Gasteiger partial charge >= 0.3 is 0 Å². The summed E-state index contributed by atoms with van der Waals surface area (Å²) in [6.45, 7) is 0. The lowest BCUT2D eigenvalue weighted by Gasteiger charge is -2.14. The first-order valence-corrected chi connectivity index (χ1v) is 6.54. The number of ether oxygens (including phenoxy) is 1. The quantitative estimate of drug-likeness (QED) is 0.944. The predicted octanol–water partition coefficient (Wildman–Crippen LogP) is 2.98. The molecule has 0 aliphatic rings. The smallest absolute Gasteiger partial charge is 0.161 e. The number of benzene rings is 1. The Morgan fingerprint density at radius 2 is 2.11 bits per heavy atom. The van der Waals surface area contributed by atoms with Gasteiger partial charge in [-0.2, -0.15) is 5.10 Å². The predicted molar refractivity (Wildman–Crippen MR) is 76.9 cm³/mol. The summed E-state index contributed by atoms with van der Waals surface area (Å²) < 4.78 is 6.98. The van der Waals surface area contributed by atoms with Crippen molar-refractivity contribution in [3.63, 3.8) is 0 Å². The van der Waals surface area contributed by atoms with Crippen molar-refractivity contribution in [3.8, 4) is 5.75 Å². The van der Waals surface area contributed by atoms with Gasteiger partial charge in [0.25, 0.3) is 0 Å². The molecule has 1 aromatic carbocycles. The Kier molecular flexibility index (Phi) is 4.34. The van der Waals surface area contributed by atoms with Crippen LogP contribution in [-0.2, 0) is 13.5 Å². The molecule has 4 nitrogen and oxygen atoms in total. The van der Waals surface area contributed by atoms with Crippen LogP contribution in [0.4, 0.5) is 0 Å². The Hall–Kier alpha value is -1.23. The van der Waals surface area contributed by atoms with E-state index in [9.17, 15) is 0 Å².